The van der Waals surface area contributed by atoms with Crippen LogP contribution < -0.4 is 4.90 Å². The molecule has 1 saturated heterocycles. The van der Waals surface area contributed by atoms with Crippen LogP contribution in [0, 0.1) is 18.8 Å². The highest BCUT2D eigenvalue weighted by Gasteiger charge is 2.24. The van der Waals surface area contributed by atoms with Gasteiger partial charge in [-0.25, -0.2) is 0 Å². The molecule has 124 valence electrons. The van der Waals surface area contributed by atoms with Gasteiger partial charge in [0.2, 0.25) is 0 Å². The highest BCUT2D eigenvalue weighted by atomic mass is 15.1. The third-order valence-electron chi connectivity index (χ3n) is 5.20. The number of aromatic nitrogens is 1. The summed E-state index contributed by atoms with van der Waals surface area (Å²) in [6, 6.07) is 9.10. The summed E-state index contributed by atoms with van der Waals surface area (Å²) >= 11 is 0. The van der Waals surface area contributed by atoms with Crippen molar-refractivity contribution in [3.8, 4) is 0 Å². The maximum atomic E-state index is 4.71. The third-order valence-corrected chi connectivity index (χ3v) is 5.20. The van der Waals surface area contributed by atoms with Crippen molar-refractivity contribution in [3.05, 3.63) is 35.5 Å². The number of piperidine rings is 1. The maximum Gasteiger partial charge on any atom is 0.0709 e. The molecule has 1 aromatic carbocycles. The van der Waals surface area contributed by atoms with Crippen molar-refractivity contribution in [3.63, 3.8) is 0 Å². The molecule has 0 radical (unpaired) electrons. The number of anilines is 1. The number of nitrogens with zero attached hydrogens (tertiary/aromatic N) is 2. The minimum absolute atomic E-state index is 0.790. The van der Waals surface area contributed by atoms with Gasteiger partial charge < -0.3 is 4.90 Å². The summed E-state index contributed by atoms with van der Waals surface area (Å²) in [7, 11) is 0. The molecule has 2 heteroatoms. The Hall–Kier alpha value is -1.57. The SMILES string of the molecule is CCCC1CC(C)CN(c2ccc3nc(C)cc(CC)c3c2)C1. The molecule has 23 heavy (non-hydrogen) atoms. The predicted molar refractivity (Wildman–Crippen MR) is 100 cm³/mol. The quantitative estimate of drug-likeness (QED) is 0.755. The fourth-order valence-corrected chi connectivity index (χ4v) is 4.23. The van der Waals surface area contributed by atoms with E-state index in [2.05, 4.69) is 56.9 Å². The van der Waals surface area contributed by atoms with Crippen molar-refractivity contribution in [1.29, 1.82) is 0 Å². The molecule has 1 aromatic heterocycles. The molecular formula is C21H30N2. The largest absolute Gasteiger partial charge is 0.371 e. The molecule has 0 saturated carbocycles. The Balaban J connectivity index is 1.94. The molecular weight excluding hydrogens is 280 g/mol. The maximum absolute atomic E-state index is 4.71. The molecule has 2 atom stereocenters. The van der Waals surface area contributed by atoms with Crippen LogP contribution in [0.15, 0.2) is 24.3 Å². The second kappa shape index (κ2) is 6.90. The van der Waals surface area contributed by atoms with Crippen molar-refractivity contribution < 1.29 is 0 Å². The van der Waals surface area contributed by atoms with Gasteiger partial charge in [-0.05, 0) is 67.9 Å². The van der Waals surface area contributed by atoms with E-state index in [9.17, 15) is 0 Å². The van der Waals surface area contributed by atoms with E-state index in [1.165, 1.54) is 49.0 Å². The van der Waals surface area contributed by atoms with Crippen LogP contribution in [0.5, 0.6) is 0 Å². The van der Waals surface area contributed by atoms with E-state index in [0.29, 0.717) is 0 Å². The lowest BCUT2D eigenvalue weighted by Crippen LogP contribution is -2.39. The number of aryl methyl sites for hydroxylation is 2. The minimum atomic E-state index is 0.790. The monoisotopic (exact) mass is 310 g/mol. The van der Waals surface area contributed by atoms with E-state index >= 15 is 0 Å². The highest BCUT2D eigenvalue weighted by molar-refractivity contribution is 5.86. The van der Waals surface area contributed by atoms with E-state index in [-0.39, 0.29) is 0 Å². The Morgan fingerprint density at radius 2 is 2.00 bits per heavy atom. The summed E-state index contributed by atoms with van der Waals surface area (Å²) in [6.45, 7) is 11.4. The van der Waals surface area contributed by atoms with Crippen LogP contribution >= 0.6 is 0 Å². The Morgan fingerprint density at radius 1 is 1.17 bits per heavy atom. The van der Waals surface area contributed by atoms with Crippen LogP contribution in [0.4, 0.5) is 5.69 Å². The molecule has 0 bridgehead atoms. The fourth-order valence-electron chi connectivity index (χ4n) is 4.23. The smallest absolute Gasteiger partial charge is 0.0709 e. The molecule has 2 unspecified atom stereocenters. The summed E-state index contributed by atoms with van der Waals surface area (Å²) < 4.78 is 0. The van der Waals surface area contributed by atoms with Crippen molar-refractivity contribution in [1.82, 2.24) is 4.98 Å². The van der Waals surface area contributed by atoms with Crippen LogP contribution in [-0.4, -0.2) is 18.1 Å². The number of fused-ring (bicyclic) bond motifs is 1. The standard InChI is InChI=1S/C21H30N2/c1-5-7-17-10-15(3)13-23(14-17)19-8-9-21-20(12-19)18(6-2)11-16(4)22-21/h8-9,11-12,15,17H,5-7,10,13-14H2,1-4H3. The molecule has 1 aliphatic heterocycles. The van der Waals surface area contributed by atoms with Gasteiger partial charge in [0.25, 0.3) is 0 Å². The lowest BCUT2D eigenvalue weighted by atomic mass is 9.87. The first kappa shape index (κ1) is 16.3. The van der Waals surface area contributed by atoms with Crippen molar-refractivity contribution >= 4 is 16.6 Å². The van der Waals surface area contributed by atoms with E-state index in [1.54, 1.807) is 0 Å². The summed E-state index contributed by atoms with van der Waals surface area (Å²) in [5, 5.41) is 1.33. The minimum Gasteiger partial charge on any atom is -0.371 e. The molecule has 2 heterocycles. The van der Waals surface area contributed by atoms with Gasteiger partial charge in [-0.3, -0.25) is 4.98 Å². The van der Waals surface area contributed by atoms with E-state index in [1.807, 2.05) is 0 Å². The van der Waals surface area contributed by atoms with Gasteiger partial charge in [0.1, 0.15) is 0 Å². The normalized spacial score (nSPS) is 21.8. The summed E-state index contributed by atoms with van der Waals surface area (Å²) in [6.07, 6.45) is 5.11. The molecule has 3 rings (SSSR count). The average Bonchev–Trinajstić information content (AvgIpc) is 2.53. The molecule has 0 spiro atoms. The first-order chi connectivity index (χ1) is 11.1. The number of rotatable bonds is 4. The third kappa shape index (κ3) is 3.52. The lowest BCUT2D eigenvalue weighted by molar-refractivity contribution is 0.318. The van der Waals surface area contributed by atoms with E-state index in [4.69, 9.17) is 4.98 Å². The first-order valence-electron chi connectivity index (χ1n) is 9.26. The van der Waals surface area contributed by atoms with Crippen molar-refractivity contribution in [2.45, 2.75) is 53.4 Å². The number of hydrogen-bond acceptors (Lipinski definition) is 2. The van der Waals surface area contributed by atoms with Crippen LogP contribution in [-0.2, 0) is 6.42 Å². The van der Waals surface area contributed by atoms with Gasteiger partial charge in [-0.1, -0.05) is 27.2 Å². The Kier molecular flexibility index (Phi) is 4.89. The first-order valence-corrected chi connectivity index (χ1v) is 9.26. The van der Waals surface area contributed by atoms with Gasteiger partial charge >= 0.3 is 0 Å². The van der Waals surface area contributed by atoms with Crippen LogP contribution in [0.1, 0.15) is 51.3 Å². The van der Waals surface area contributed by atoms with Crippen LogP contribution in [0.25, 0.3) is 10.9 Å². The second-order valence-electron chi connectivity index (χ2n) is 7.38. The van der Waals surface area contributed by atoms with E-state index < -0.39 is 0 Å². The lowest BCUT2D eigenvalue weighted by Gasteiger charge is -2.38. The molecule has 0 aliphatic carbocycles. The predicted octanol–water partition coefficient (Wildman–Crippen LogP) is 5.37. The zero-order chi connectivity index (χ0) is 16.4. The Morgan fingerprint density at radius 3 is 2.74 bits per heavy atom. The molecule has 1 aliphatic rings. The van der Waals surface area contributed by atoms with Gasteiger partial charge in [0.15, 0.2) is 0 Å². The zero-order valence-corrected chi connectivity index (χ0v) is 15.1. The Bertz CT molecular complexity index is 677. The number of pyridine rings is 1. The molecule has 0 N–H and O–H groups in total. The van der Waals surface area contributed by atoms with Crippen molar-refractivity contribution in [2.24, 2.45) is 11.8 Å². The highest BCUT2D eigenvalue weighted by Crippen LogP contribution is 2.31. The zero-order valence-electron chi connectivity index (χ0n) is 15.1. The fraction of sp³-hybridized carbons (Fsp3) is 0.571. The van der Waals surface area contributed by atoms with Gasteiger partial charge in [-0.2, -0.15) is 0 Å². The van der Waals surface area contributed by atoms with Gasteiger partial charge in [-0.15, -0.1) is 0 Å². The van der Waals surface area contributed by atoms with Crippen molar-refractivity contribution in [2.75, 3.05) is 18.0 Å². The summed E-state index contributed by atoms with van der Waals surface area (Å²) in [5.41, 5.74) is 5.06. The average molecular weight is 310 g/mol. The van der Waals surface area contributed by atoms with Gasteiger partial charge in [0.05, 0.1) is 5.52 Å². The summed E-state index contributed by atoms with van der Waals surface area (Å²) in [4.78, 5) is 7.32. The van der Waals surface area contributed by atoms with Gasteiger partial charge in [0, 0.05) is 29.9 Å². The van der Waals surface area contributed by atoms with Crippen LogP contribution in [0.2, 0.25) is 0 Å². The molecule has 0 amide bonds. The topological polar surface area (TPSA) is 16.1 Å². The molecule has 2 aromatic rings. The molecule has 2 nitrogen and oxygen atoms in total. The number of benzene rings is 1. The van der Waals surface area contributed by atoms with E-state index in [0.717, 1.165) is 29.5 Å². The number of hydrogen-bond donors (Lipinski definition) is 0. The van der Waals surface area contributed by atoms with Crippen LogP contribution in [0.3, 0.4) is 0 Å². The second-order valence-corrected chi connectivity index (χ2v) is 7.38. The summed E-state index contributed by atoms with van der Waals surface area (Å²) in [5.74, 6) is 1.64. The Labute approximate surface area is 140 Å². The molecule has 1 fully saturated rings.